The molecule has 1 aliphatic rings. The van der Waals surface area contributed by atoms with Crippen LogP contribution in [0.1, 0.15) is 28.5 Å². The minimum Gasteiger partial charge on any atom is -0.334 e. The van der Waals surface area contributed by atoms with Crippen LogP contribution in [0.15, 0.2) is 29.4 Å². The van der Waals surface area contributed by atoms with E-state index in [-0.39, 0.29) is 5.91 Å². The molecule has 0 atom stereocenters. The Hall–Kier alpha value is -2.32. The van der Waals surface area contributed by atoms with Gasteiger partial charge in [-0.05, 0) is 31.4 Å². The number of halogens is 1. The molecule has 0 unspecified atom stereocenters. The van der Waals surface area contributed by atoms with E-state index in [2.05, 4.69) is 21.7 Å². The van der Waals surface area contributed by atoms with E-state index in [1.165, 1.54) is 0 Å². The molecule has 0 fully saturated rings. The van der Waals surface area contributed by atoms with Crippen LogP contribution in [0.3, 0.4) is 0 Å². The van der Waals surface area contributed by atoms with Crippen LogP contribution >= 0.6 is 23.4 Å². The van der Waals surface area contributed by atoms with E-state index in [1.807, 2.05) is 22.9 Å². The van der Waals surface area contributed by atoms with Crippen molar-refractivity contribution in [1.82, 2.24) is 29.4 Å². The summed E-state index contributed by atoms with van der Waals surface area (Å²) in [5.74, 6) is 0.727. The topological polar surface area (TPSA) is 68.8 Å². The van der Waals surface area contributed by atoms with Crippen LogP contribution in [0.5, 0.6) is 0 Å². The molecular formula is C19H21ClN6OS. The molecule has 3 aromatic rings. The third-order valence-electron chi connectivity index (χ3n) is 5.03. The van der Waals surface area contributed by atoms with E-state index in [9.17, 15) is 4.79 Å². The average molecular weight is 417 g/mol. The number of hydrogen-bond donors (Lipinski definition) is 0. The van der Waals surface area contributed by atoms with E-state index in [1.54, 1.807) is 36.0 Å². The molecule has 1 aliphatic heterocycles. The molecule has 3 heterocycles. The molecule has 0 saturated carbocycles. The monoisotopic (exact) mass is 416 g/mol. The summed E-state index contributed by atoms with van der Waals surface area (Å²) in [5.41, 5.74) is 3.58. The molecule has 1 amide bonds. The lowest BCUT2D eigenvalue weighted by Crippen LogP contribution is -2.36. The first-order valence-corrected chi connectivity index (χ1v) is 10.7. The Morgan fingerprint density at radius 1 is 1.32 bits per heavy atom. The van der Waals surface area contributed by atoms with Gasteiger partial charge in [0.15, 0.2) is 11.0 Å². The maximum Gasteiger partial charge on any atom is 0.254 e. The Morgan fingerprint density at radius 3 is 2.86 bits per heavy atom. The quantitative estimate of drug-likeness (QED) is 0.610. The van der Waals surface area contributed by atoms with Crippen LogP contribution < -0.4 is 0 Å². The molecule has 0 bridgehead atoms. The van der Waals surface area contributed by atoms with Gasteiger partial charge in [-0.15, -0.1) is 10.2 Å². The number of thioether (sulfide) groups is 1. The molecule has 9 heteroatoms. The SMILES string of the molecule is CCn1c(SC)nnc1-c1nn(C)c2c1CN(C(=O)c1cccc(Cl)c1)CC2. The smallest absolute Gasteiger partial charge is 0.254 e. The minimum absolute atomic E-state index is 0.0234. The van der Waals surface area contributed by atoms with Crippen molar-refractivity contribution >= 4 is 29.3 Å². The molecule has 0 N–H and O–H groups in total. The Bertz CT molecular complexity index is 1040. The first-order valence-electron chi connectivity index (χ1n) is 9.10. The first kappa shape index (κ1) is 19.0. The lowest BCUT2D eigenvalue weighted by Gasteiger charge is -2.27. The van der Waals surface area contributed by atoms with E-state index >= 15 is 0 Å². The van der Waals surface area contributed by atoms with E-state index in [0.29, 0.717) is 23.7 Å². The normalized spacial score (nSPS) is 13.6. The maximum absolute atomic E-state index is 13.0. The van der Waals surface area contributed by atoms with Gasteiger partial charge in [0, 0.05) is 48.4 Å². The summed E-state index contributed by atoms with van der Waals surface area (Å²) in [4.78, 5) is 14.8. The fourth-order valence-electron chi connectivity index (χ4n) is 3.65. The van der Waals surface area contributed by atoms with Gasteiger partial charge in [-0.1, -0.05) is 29.4 Å². The van der Waals surface area contributed by atoms with Crippen LogP contribution in [0, 0.1) is 0 Å². The van der Waals surface area contributed by atoms with Crippen LogP contribution in [0.2, 0.25) is 5.02 Å². The molecule has 0 spiro atoms. The Labute approximate surface area is 172 Å². The van der Waals surface area contributed by atoms with Crippen LogP contribution in [0.25, 0.3) is 11.5 Å². The van der Waals surface area contributed by atoms with Crippen molar-refractivity contribution in [3.63, 3.8) is 0 Å². The second-order valence-electron chi connectivity index (χ2n) is 6.64. The van der Waals surface area contributed by atoms with Gasteiger partial charge in [0.1, 0.15) is 5.69 Å². The van der Waals surface area contributed by atoms with Gasteiger partial charge in [0.25, 0.3) is 5.91 Å². The predicted molar refractivity (Wildman–Crippen MR) is 110 cm³/mol. The van der Waals surface area contributed by atoms with Gasteiger partial charge in [-0.25, -0.2) is 0 Å². The van der Waals surface area contributed by atoms with Crippen molar-refractivity contribution in [3.8, 4) is 11.5 Å². The van der Waals surface area contributed by atoms with Gasteiger partial charge >= 0.3 is 0 Å². The molecule has 0 saturated heterocycles. The van der Waals surface area contributed by atoms with Crippen LogP contribution in [0.4, 0.5) is 0 Å². The number of benzene rings is 1. The lowest BCUT2D eigenvalue weighted by molar-refractivity contribution is 0.0733. The summed E-state index contributed by atoms with van der Waals surface area (Å²) in [6, 6.07) is 7.08. The third-order valence-corrected chi connectivity index (χ3v) is 5.93. The number of aromatic nitrogens is 5. The first-order chi connectivity index (χ1) is 13.5. The number of fused-ring (bicyclic) bond motifs is 1. The van der Waals surface area contributed by atoms with E-state index < -0.39 is 0 Å². The van der Waals surface area contributed by atoms with Crippen molar-refractivity contribution in [3.05, 3.63) is 46.1 Å². The number of aryl methyl sites for hydroxylation is 1. The molecule has 28 heavy (non-hydrogen) atoms. The molecule has 2 aromatic heterocycles. The minimum atomic E-state index is -0.0234. The van der Waals surface area contributed by atoms with Gasteiger partial charge in [0.2, 0.25) is 0 Å². The van der Waals surface area contributed by atoms with Crippen molar-refractivity contribution in [1.29, 1.82) is 0 Å². The molecule has 0 aliphatic carbocycles. The van der Waals surface area contributed by atoms with E-state index in [0.717, 1.165) is 40.9 Å². The number of nitrogens with zero attached hydrogens (tertiary/aromatic N) is 6. The highest BCUT2D eigenvalue weighted by Gasteiger charge is 2.30. The van der Waals surface area contributed by atoms with Gasteiger partial charge < -0.3 is 9.47 Å². The van der Waals surface area contributed by atoms with Crippen molar-refractivity contribution in [2.45, 2.75) is 31.6 Å². The fourth-order valence-corrected chi connectivity index (χ4v) is 4.40. The Balaban J connectivity index is 1.71. The maximum atomic E-state index is 13.0. The second kappa shape index (κ2) is 7.60. The predicted octanol–water partition coefficient (Wildman–Crippen LogP) is 3.27. The van der Waals surface area contributed by atoms with Gasteiger partial charge in [-0.2, -0.15) is 5.10 Å². The van der Waals surface area contributed by atoms with Crippen LogP contribution in [-0.2, 0) is 26.6 Å². The number of hydrogen-bond acceptors (Lipinski definition) is 5. The van der Waals surface area contributed by atoms with Gasteiger partial charge in [-0.3, -0.25) is 9.48 Å². The third kappa shape index (κ3) is 3.20. The lowest BCUT2D eigenvalue weighted by atomic mass is 10.0. The number of carbonyl (C=O) groups excluding carboxylic acids is 1. The molecule has 4 rings (SSSR count). The molecule has 146 valence electrons. The molecule has 7 nitrogen and oxygen atoms in total. The zero-order chi connectivity index (χ0) is 19.8. The van der Waals surface area contributed by atoms with Crippen molar-refractivity contribution in [2.75, 3.05) is 12.8 Å². The highest BCUT2D eigenvalue weighted by molar-refractivity contribution is 7.98. The molecule has 1 aromatic carbocycles. The van der Waals surface area contributed by atoms with E-state index in [4.69, 9.17) is 16.7 Å². The highest BCUT2D eigenvalue weighted by atomic mass is 35.5. The van der Waals surface area contributed by atoms with Gasteiger partial charge in [0.05, 0.1) is 6.54 Å². The number of rotatable bonds is 4. The molecule has 0 radical (unpaired) electrons. The zero-order valence-corrected chi connectivity index (χ0v) is 17.6. The Kier molecular flexibility index (Phi) is 5.16. The summed E-state index contributed by atoms with van der Waals surface area (Å²) in [6.45, 7) is 3.97. The van der Waals surface area contributed by atoms with Crippen molar-refractivity contribution in [2.24, 2.45) is 7.05 Å². The second-order valence-corrected chi connectivity index (χ2v) is 7.85. The molecular weight excluding hydrogens is 396 g/mol. The fraction of sp³-hybridized carbons (Fsp3) is 0.368. The summed E-state index contributed by atoms with van der Waals surface area (Å²) < 4.78 is 3.96. The summed E-state index contributed by atoms with van der Waals surface area (Å²) >= 11 is 7.62. The summed E-state index contributed by atoms with van der Waals surface area (Å²) in [6.07, 6.45) is 2.74. The zero-order valence-electron chi connectivity index (χ0n) is 16.0. The van der Waals surface area contributed by atoms with Crippen molar-refractivity contribution < 1.29 is 4.79 Å². The standard InChI is InChI=1S/C19H21ClN6OS/c1-4-26-17(21-22-19(26)28-3)16-14-11-25(9-8-15(14)24(2)23-16)18(27)12-6-5-7-13(20)10-12/h5-7,10H,4,8-9,11H2,1-3H3. The number of amides is 1. The number of carbonyl (C=O) groups is 1. The average Bonchev–Trinajstić information content (AvgIpc) is 3.27. The van der Waals surface area contributed by atoms with Crippen LogP contribution in [-0.4, -0.2) is 48.2 Å². The largest absolute Gasteiger partial charge is 0.334 e. The summed E-state index contributed by atoms with van der Waals surface area (Å²) in [5, 5.41) is 14.8. The summed E-state index contributed by atoms with van der Waals surface area (Å²) in [7, 11) is 1.94. The highest BCUT2D eigenvalue weighted by Crippen LogP contribution is 2.31. The Morgan fingerprint density at radius 2 is 2.14 bits per heavy atom.